The van der Waals surface area contributed by atoms with Crippen molar-refractivity contribution in [2.24, 2.45) is 5.92 Å². The third-order valence-electron chi connectivity index (χ3n) is 4.57. The van der Waals surface area contributed by atoms with Crippen molar-refractivity contribution in [1.29, 1.82) is 0 Å². The summed E-state index contributed by atoms with van der Waals surface area (Å²) in [5, 5.41) is 5.78. The minimum Gasteiger partial charge on any atom is -0.326 e. The maximum absolute atomic E-state index is 12.5. The van der Waals surface area contributed by atoms with Gasteiger partial charge in [-0.2, -0.15) is 0 Å². The minimum absolute atomic E-state index is 0.00756. The van der Waals surface area contributed by atoms with E-state index in [1.165, 1.54) is 0 Å². The van der Waals surface area contributed by atoms with Crippen molar-refractivity contribution in [1.82, 2.24) is 9.88 Å². The molecule has 2 amide bonds. The number of anilines is 2. The molecule has 0 aliphatic carbocycles. The molecule has 1 aromatic heterocycles. The van der Waals surface area contributed by atoms with E-state index in [1.54, 1.807) is 12.3 Å². The van der Waals surface area contributed by atoms with E-state index in [4.69, 9.17) is 0 Å². The zero-order chi connectivity index (χ0) is 19.1. The summed E-state index contributed by atoms with van der Waals surface area (Å²) in [6.45, 7) is 2.24. The van der Waals surface area contributed by atoms with Gasteiger partial charge in [-0.05, 0) is 59.6 Å². The molecule has 1 aromatic carbocycles. The zero-order valence-electron chi connectivity index (χ0n) is 15.0. The number of hydrogen-bond donors (Lipinski definition) is 2. The third-order valence-corrected chi connectivity index (χ3v) is 5.04. The van der Waals surface area contributed by atoms with Crippen molar-refractivity contribution >= 4 is 39.2 Å². The van der Waals surface area contributed by atoms with Gasteiger partial charge in [0.15, 0.2) is 0 Å². The lowest BCUT2D eigenvalue weighted by Crippen LogP contribution is -2.41. The Hall–Kier alpha value is -2.25. The summed E-state index contributed by atoms with van der Waals surface area (Å²) in [5.41, 5.74) is 0.806. The second kappa shape index (κ2) is 9.62. The van der Waals surface area contributed by atoms with Crippen LogP contribution < -0.4 is 10.6 Å². The molecule has 2 N–H and O–H groups in total. The van der Waals surface area contributed by atoms with Gasteiger partial charge in [0.25, 0.3) is 0 Å². The van der Waals surface area contributed by atoms with Crippen molar-refractivity contribution < 1.29 is 9.59 Å². The first-order valence-corrected chi connectivity index (χ1v) is 9.89. The normalized spacial score (nSPS) is 17.3. The van der Waals surface area contributed by atoms with Gasteiger partial charge in [0.05, 0.1) is 5.92 Å². The maximum atomic E-state index is 12.5. The number of halogens is 1. The molecule has 1 fully saturated rings. The molecule has 142 valence electrons. The van der Waals surface area contributed by atoms with Gasteiger partial charge in [0.1, 0.15) is 5.82 Å². The summed E-state index contributed by atoms with van der Waals surface area (Å²) in [7, 11) is 0. The molecule has 0 radical (unpaired) electrons. The summed E-state index contributed by atoms with van der Waals surface area (Å²) in [4.78, 5) is 31.0. The van der Waals surface area contributed by atoms with Crippen molar-refractivity contribution in [2.45, 2.75) is 19.3 Å². The number of nitrogens with zero attached hydrogens (tertiary/aromatic N) is 2. The van der Waals surface area contributed by atoms with Crippen LogP contribution in [0.15, 0.2) is 53.1 Å². The Morgan fingerprint density at radius 2 is 1.96 bits per heavy atom. The van der Waals surface area contributed by atoms with Gasteiger partial charge in [-0.25, -0.2) is 4.98 Å². The summed E-state index contributed by atoms with van der Waals surface area (Å²) in [6.07, 6.45) is 3.88. The largest absolute Gasteiger partial charge is 0.326 e. The quantitative estimate of drug-likeness (QED) is 0.734. The lowest BCUT2D eigenvalue weighted by atomic mass is 9.97. The number of pyridine rings is 1. The van der Waals surface area contributed by atoms with Crippen LogP contribution in [0.1, 0.15) is 19.3 Å². The number of rotatable bonds is 6. The number of amides is 2. The van der Waals surface area contributed by atoms with Crippen LogP contribution in [0.25, 0.3) is 0 Å². The van der Waals surface area contributed by atoms with E-state index >= 15 is 0 Å². The first-order valence-electron chi connectivity index (χ1n) is 9.10. The molecular weight excluding hydrogens is 408 g/mol. The van der Waals surface area contributed by atoms with E-state index in [9.17, 15) is 9.59 Å². The Labute approximate surface area is 167 Å². The monoisotopic (exact) mass is 430 g/mol. The van der Waals surface area contributed by atoms with Crippen LogP contribution in [0, 0.1) is 5.92 Å². The van der Waals surface area contributed by atoms with Crippen LogP contribution in [-0.2, 0) is 9.59 Å². The average Bonchev–Trinajstić information content (AvgIpc) is 2.69. The predicted molar refractivity (Wildman–Crippen MR) is 109 cm³/mol. The summed E-state index contributed by atoms with van der Waals surface area (Å²) in [6, 6.07) is 13.1. The van der Waals surface area contributed by atoms with Crippen LogP contribution in [0.3, 0.4) is 0 Å². The predicted octanol–water partition coefficient (Wildman–Crippen LogP) is 3.52. The average molecular weight is 431 g/mol. The lowest BCUT2D eigenvalue weighted by molar-refractivity contribution is -0.121. The number of nitrogens with one attached hydrogen (secondary N) is 2. The van der Waals surface area contributed by atoms with Crippen molar-refractivity contribution in [3.63, 3.8) is 0 Å². The van der Waals surface area contributed by atoms with Gasteiger partial charge in [-0.3, -0.25) is 9.59 Å². The Morgan fingerprint density at radius 1 is 1.15 bits per heavy atom. The third kappa shape index (κ3) is 6.15. The van der Waals surface area contributed by atoms with Crippen LogP contribution in [0.5, 0.6) is 0 Å². The molecular formula is C20H23BrN4O2. The topological polar surface area (TPSA) is 74.3 Å². The molecule has 7 heteroatoms. The molecule has 0 bridgehead atoms. The van der Waals surface area contributed by atoms with Gasteiger partial charge < -0.3 is 15.5 Å². The summed E-state index contributed by atoms with van der Waals surface area (Å²) in [5.74, 6) is 0.457. The molecule has 2 aromatic rings. The minimum atomic E-state index is -0.0821. The lowest BCUT2D eigenvalue weighted by Gasteiger charge is -2.31. The highest BCUT2D eigenvalue weighted by Gasteiger charge is 2.26. The molecule has 1 saturated heterocycles. The highest BCUT2D eigenvalue weighted by molar-refractivity contribution is 9.10. The number of benzene rings is 1. The molecule has 1 atom stereocenters. The molecule has 2 heterocycles. The summed E-state index contributed by atoms with van der Waals surface area (Å²) >= 11 is 3.33. The van der Waals surface area contributed by atoms with E-state index in [-0.39, 0.29) is 17.7 Å². The van der Waals surface area contributed by atoms with Crippen LogP contribution in [-0.4, -0.2) is 41.3 Å². The van der Waals surface area contributed by atoms with Gasteiger partial charge in [0, 0.05) is 35.9 Å². The zero-order valence-corrected chi connectivity index (χ0v) is 16.6. The molecule has 0 spiro atoms. The van der Waals surface area contributed by atoms with Crippen molar-refractivity contribution in [3.8, 4) is 0 Å². The highest BCUT2D eigenvalue weighted by Crippen LogP contribution is 2.19. The van der Waals surface area contributed by atoms with E-state index in [2.05, 4.69) is 36.4 Å². The Bertz CT molecular complexity index is 767. The van der Waals surface area contributed by atoms with Gasteiger partial charge in [0.2, 0.25) is 11.8 Å². The number of hydrogen-bond acceptors (Lipinski definition) is 4. The SMILES string of the molecule is O=C(CCN1CCCC(C(=O)Nc2ccc(Br)cn2)C1)Nc1ccccc1. The molecule has 3 rings (SSSR count). The van der Waals surface area contributed by atoms with Gasteiger partial charge in [-0.15, -0.1) is 0 Å². The molecule has 27 heavy (non-hydrogen) atoms. The van der Waals surface area contributed by atoms with E-state index < -0.39 is 0 Å². The van der Waals surface area contributed by atoms with Crippen molar-refractivity contribution in [2.75, 3.05) is 30.3 Å². The Morgan fingerprint density at radius 3 is 2.70 bits per heavy atom. The number of para-hydroxylation sites is 1. The first kappa shape index (κ1) is 19.5. The standard InChI is InChI=1S/C20H23BrN4O2/c21-16-8-9-18(22-13-16)24-20(27)15-5-4-11-25(14-15)12-10-19(26)23-17-6-2-1-3-7-17/h1-3,6-9,13,15H,4-5,10-12,14H2,(H,23,26)(H,22,24,27). The number of likely N-dealkylation sites (tertiary alicyclic amines) is 1. The van der Waals surface area contributed by atoms with Crippen molar-refractivity contribution in [3.05, 3.63) is 53.1 Å². The second-order valence-corrected chi connectivity index (χ2v) is 7.57. The number of aromatic nitrogens is 1. The second-order valence-electron chi connectivity index (χ2n) is 6.65. The highest BCUT2D eigenvalue weighted by atomic mass is 79.9. The fourth-order valence-corrected chi connectivity index (χ4v) is 3.39. The molecule has 1 aliphatic heterocycles. The Kier molecular flexibility index (Phi) is 6.95. The number of piperidine rings is 1. The fourth-order valence-electron chi connectivity index (χ4n) is 3.16. The van der Waals surface area contributed by atoms with Gasteiger partial charge >= 0.3 is 0 Å². The first-order chi connectivity index (χ1) is 13.1. The molecule has 1 aliphatic rings. The molecule has 6 nitrogen and oxygen atoms in total. The smallest absolute Gasteiger partial charge is 0.229 e. The van der Waals surface area contributed by atoms with Gasteiger partial charge in [-0.1, -0.05) is 18.2 Å². The van der Waals surface area contributed by atoms with Crippen LogP contribution in [0.2, 0.25) is 0 Å². The number of carbonyl (C=O) groups is 2. The fraction of sp³-hybridized carbons (Fsp3) is 0.350. The Balaban J connectivity index is 1.45. The van der Waals surface area contributed by atoms with Crippen LogP contribution in [0.4, 0.5) is 11.5 Å². The van der Waals surface area contributed by atoms with E-state index in [1.807, 2.05) is 36.4 Å². The van der Waals surface area contributed by atoms with E-state index in [0.29, 0.717) is 25.3 Å². The maximum Gasteiger partial charge on any atom is 0.229 e. The molecule has 1 unspecified atom stereocenters. The van der Waals surface area contributed by atoms with E-state index in [0.717, 1.165) is 29.5 Å². The number of carbonyl (C=O) groups excluding carboxylic acids is 2. The summed E-state index contributed by atoms with van der Waals surface area (Å²) < 4.78 is 0.873. The van der Waals surface area contributed by atoms with Crippen LogP contribution >= 0.6 is 15.9 Å². The molecule has 0 saturated carbocycles.